The van der Waals surface area contributed by atoms with Crippen LogP contribution in [0.5, 0.6) is 0 Å². The van der Waals surface area contributed by atoms with Crippen LogP contribution >= 0.6 is 27.5 Å². The molecule has 2 bridgehead atoms. The van der Waals surface area contributed by atoms with Crippen LogP contribution < -0.4 is 0 Å². The summed E-state index contributed by atoms with van der Waals surface area (Å²) in [5.74, 6) is 0.879. The largest absolute Gasteiger partial charge is 0.299 e. The van der Waals surface area contributed by atoms with Gasteiger partial charge >= 0.3 is 0 Å². The summed E-state index contributed by atoms with van der Waals surface area (Å²) in [7, 11) is 0. The average Bonchev–Trinajstić information content (AvgIpc) is 2.43. The molecular weight excluding hydrogens is 316 g/mol. The molecule has 0 aliphatic carbocycles. The van der Waals surface area contributed by atoms with Gasteiger partial charge in [0.25, 0.3) is 0 Å². The van der Waals surface area contributed by atoms with Crippen LogP contribution in [0.4, 0.5) is 0 Å². The lowest BCUT2D eigenvalue weighted by Gasteiger charge is -2.46. The van der Waals surface area contributed by atoms with Crippen molar-refractivity contribution < 1.29 is 0 Å². The Morgan fingerprint density at radius 3 is 2.56 bits per heavy atom. The summed E-state index contributed by atoms with van der Waals surface area (Å²) < 4.78 is 0.840. The molecule has 3 fully saturated rings. The van der Waals surface area contributed by atoms with Crippen molar-refractivity contribution in [3.63, 3.8) is 0 Å². The first kappa shape index (κ1) is 12.8. The van der Waals surface area contributed by atoms with Crippen LogP contribution in [0.2, 0.25) is 5.15 Å². The molecule has 0 amide bonds. The fourth-order valence-electron chi connectivity index (χ4n) is 2.73. The van der Waals surface area contributed by atoms with Crippen molar-refractivity contribution in [1.82, 2.24) is 19.8 Å². The van der Waals surface area contributed by atoms with Gasteiger partial charge in [-0.05, 0) is 22.4 Å². The fourth-order valence-corrected chi connectivity index (χ4v) is 3.38. The molecule has 0 saturated carbocycles. The number of piperazine rings is 3. The predicted molar refractivity (Wildman–Crippen MR) is 74.9 cm³/mol. The van der Waals surface area contributed by atoms with Crippen molar-refractivity contribution in [3.8, 4) is 0 Å². The summed E-state index contributed by atoms with van der Waals surface area (Å²) in [4.78, 5) is 14.1. The molecule has 6 heteroatoms. The Balaban J connectivity index is 1.94. The maximum atomic E-state index is 6.19. The summed E-state index contributed by atoms with van der Waals surface area (Å²) >= 11 is 9.65. The van der Waals surface area contributed by atoms with Gasteiger partial charge in [0.1, 0.15) is 11.0 Å². The van der Waals surface area contributed by atoms with Gasteiger partial charge in [0.15, 0.2) is 0 Å². The third-order valence-electron chi connectivity index (χ3n) is 3.81. The topological polar surface area (TPSA) is 32.3 Å². The molecular formula is C12H16BrClN4. The number of nitrogens with zero attached hydrogens (tertiary/aromatic N) is 4. The Morgan fingerprint density at radius 1 is 1.28 bits per heavy atom. The van der Waals surface area contributed by atoms with E-state index in [0.29, 0.717) is 11.2 Å². The van der Waals surface area contributed by atoms with Crippen molar-refractivity contribution >= 4 is 27.5 Å². The number of halogens is 2. The van der Waals surface area contributed by atoms with Crippen LogP contribution in [0.1, 0.15) is 24.5 Å². The number of aryl methyl sites for hydroxylation is 1. The van der Waals surface area contributed by atoms with Crippen molar-refractivity contribution in [2.75, 3.05) is 32.7 Å². The molecule has 3 saturated heterocycles. The second-order valence-electron chi connectivity index (χ2n) is 4.84. The Hall–Kier alpha value is -0.230. The van der Waals surface area contributed by atoms with Gasteiger partial charge in [-0.2, -0.15) is 0 Å². The molecule has 0 aromatic carbocycles. The normalized spacial score (nSPS) is 30.7. The first-order valence-electron chi connectivity index (χ1n) is 6.37. The number of hydrogen-bond acceptors (Lipinski definition) is 4. The van der Waals surface area contributed by atoms with E-state index in [4.69, 9.17) is 11.6 Å². The van der Waals surface area contributed by atoms with Gasteiger partial charge in [0.05, 0.1) is 16.2 Å². The van der Waals surface area contributed by atoms with E-state index in [2.05, 4.69) is 42.6 Å². The van der Waals surface area contributed by atoms with E-state index in [1.165, 1.54) is 13.1 Å². The van der Waals surface area contributed by atoms with Gasteiger partial charge in [-0.15, -0.1) is 0 Å². The van der Waals surface area contributed by atoms with E-state index in [1.807, 2.05) is 0 Å². The van der Waals surface area contributed by atoms with Crippen LogP contribution in [-0.4, -0.2) is 52.5 Å². The van der Waals surface area contributed by atoms with E-state index >= 15 is 0 Å². The van der Waals surface area contributed by atoms with Gasteiger partial charge in [-0.3, -0.25) is 9.80 Å². The zero-order chi connectivity index (χ0) is 12.7. The molecule has 1 aromatic heterocycles. The molecule has 4 nitrogen and oxygen atoms in total. The molecule has 98 valence electrons. The molecule has 1 atom stereocenters. The maximum absolute atomic E-state index is 6.19. The van der Waals surface area contributed by atoms with E-state index in [-0.39, 0.29) is 0 Å². The lowest BCUT2D eigenvalue weighted by Crippen LogP contribution is -2.57. The van der Waals surface area contributed by atoms with E-state index in [1.54, 1.807) is 0 Å². The zero-order valence-electron chi connectivity index (χ0n) is 10.4. The minimum atomic E-state index is 0.309. The molecule has 0 radical (unpaired) electrons. The smallest absolute Gasteiger partial charge is 0.148 e. The monoisotopic (exact) mass is 330 g/mol. The van der Waals surface area contributed by atoms with Crippen LogP contribution in [0.25, 0.3) is 0 Å². The molecule has 3 aliphatic heterocycles. The Kier molecular flexibility index (Phi) is 3.58. The summed E-state index contributed by atoms with van der Waals surface area (Å²) in [6.07, 6.45) is 0.867. The van der Waals surface area contributed by atoms with Crippen LogP contribution in [0.15, 0.2) is 4.47 Å². The van der Waals surface area contributed by atoms with E-state index < -0.39 is 0 Å². The molecule has 4 heterocycles. The standard InChI is InChI=1S/C12H16BrClN4/c1-2-8-10(13)11(14)16-12(15-8)9-7-17-3-5-18(9)6-4-17/h9H,2-7H2,1H3. The fraction of sp³-hybridized carbons (Fsp3) is 0.667. The molecule has 3 aliphatic rings. The lowest BCUT2D eigenvalue weighted by molar-refractivity contribution is 0.00855. The highest BCUT2D eigenvalue weighted by molar-refractivity contribution is 9.10. The van der Waals surface area contributed by atoms with Gasteiger partial charge in [-0.1, -0.05) is 18.5 Å². The first-order chi connectivity index (χ1) is 8.69. The van der Waals surface area contributed by atoms with Crippen molar-refractivity contribution in [3.05, 3.63) is 21.1 Å². The second-order valence-corrected chi connectivity index (χ2v) is 5.99. The minimum Gasteiger partial charge on any atom is -0.299 e. The van der Waals surface area contributed by atoms with Crippen LogP contribution in [0.3, 0.4) is 0 Å². The third kappa shape index (κ3) is 2.18. The second kappa shape index (κ2) is 5.04. The van der Waals surface area contributed by atoms with Crippen molar-refractivity contribution in [2.45, 2.75) is 19.4 Å². The minimum absolute atomic E-state index is 0.309. The molecule has 1 aromatic rings. The van der Waals surface area contributed by atoms with E-state index in [0.717, 1.165) is 42.0 Å². The summed E-state index contributed by atoms with van der Waals surface area (Å²) in [6, 6.07) is 0.309. The molecule has 18 heavy (non-hydrogen) atoms. The Bertz CT molecular complexity index is 460. The van der Waals surface area contributed by atoms with Gasteiger partial charge in [0, 0.05) is 32.7 Å². The van der Waals surface area contributed by atoms with Crippen LogP contribution in [-0.2, 0) is 6.42 Å². The van der Waals surface area contributed by atoms with Crippen molar-refractivity contribution in [1.29, 1.82) is 0 Å². The number of rotatable bonds is 2. The third-order valence-corrected chi connectivity index (χ3v) is 5.14. The summed E-state index contributed by atoms with van der Waals surface area (Å²) in [6.45, 7) is 7.68. The molecule has 4 rings (SSSR count). The number of hydrogen-bond donors (Lipinski definition) is 0. The summed E-state index contributed by atoms with van der Waals surface area (Å²) in [5.41, 5.74) is 1.00. The van der Waals surface area contributed by atoms with Gasteiger partial charge in [0.2, 0.25) is 0 Å². The van der Waals surface area contributed by atoms with Gasteiger partial charge < -0.3 is 0 Å². The summed E-state index contributed by atoms with van der Waals surface area (Å²) in [5, 5.41) is 0.537. The predicted octanol–water partition coefficient (Wildman–Crippen LogP) is 2.13. The first-order valence-corrected chi connectivity index (χ1v) is 7.54. The highest BCUT2D eigenvalue weighted by Crippen LogP contribution is 2.30. The highest BCUT2D eigenvalue weighted by atomic mass is 79.9. The quantitative estimate of drug-likeness (QED) is 0.777. The van der Waals surface area contributed by atoms with E-state index in [9.17, 15) is 0 Å². The molecule has 0 N–H and O–H groups in total. The van der Waals surface area contributed by atoms with Crippen LogP contribution in [0, 0.1) is 0 Å². The van der Waals surface area contributed by atoms with Gasteiger partial charge in [-0.25, -0.2) is 9.97 Å². The van der Waals surface area contributed by atoms with Crippen molar-refractivity contribution in [2.24, 2.45) is 0 Å². The zero-order valence-corrected chi connectivity index (χ0v) is 12.7. The maximum Gasteiger partial charge on any atom is 0.148 e. The number of fused-ring (bicyclic) bond motifs is 3. The Labute approximate surface area is 120 Å². The number of aromatic nitrogens is 2. The average molecular weight is 332 g/mol. The molecule has 1 unspecified atom stereocenters. The molecule has 0 spiro atoms. The Morgan fingerprint density at radius 2 is 2.00 bits per heavy atom. The SMILES string of the molecule is CCc1nc(C2CN3CCN2CC3)nc(Cl)c1Br. The highest BCUT2D eigenvalue weighted by Gasteiger charge is 2.34. The lowest BCUT2D eigenvalue weighted by atomic mass is 10.1.